The average Bonchev–Trinajstić information content (AvgIpc) is 3.02. The lowest BCUT2D eigenvalue weighted by atomic mass is 10.2. The molecule has 2 aliphatic rings. The molecule has 116 valence electrons. The van der Waals surface area contributed by atoms with Crippen LogP contribution in [0.25, 0.3) is 0 Å². The molecule has 2 unspecified atom stereocenters. The molecule has 0 aromatic carbocycles. The molecule has 1 amide bonds. The van der Waals surface area contributed by atoms with Crippen LogP contribution in [0.1, 0.15) is 26.2 Å². The predicted octanol–water partition coefficient (Wildman–Crippen LogP) is 0.507. The van der Waals surface area contributed by atoms with E-state index in [1.807, 2.05) is 4.90 Å². The zero-order chi connectivity index (χ0) is 14.6. The van der Waals surface area contributed by atoms with Gasteiger partial charge in [0.1, 0.15) is 0 Å². The summed E-state index contributed by atoms with van der Waals surface area (Å²) in [5.74, 6) is 1.10. The Morgan fingerprint density at radius 1 is 1.40 bits per heavy atom. The number of nitrogens with zero attached hydrogens (tertiary/aromatic N) is 1. The SMILES string of the molecule is CCCN(C(=O)CSC1CCS(=O)(=O)C1)C1CCNC1. The lowest BCUT2D eigenvalue weighted by Gasteiger charge is -2.28. The number of thioether (sulfide) groups is 1. The molecule has 1 N–H and O–H groups in total. The normalized spacial score (nSPS) is 28.6. The lowest BCUT2D eigenvalue weighted by molar-refractivity contribution is -0.130. The standard InChI is InChI=1S/C13H24N2O3S2/c1-2-6-15(11-3-5-14-8-11)13(16)9-19-12-4-7-20(17,18)10-12/h11-12,14H,2-10H2,1H3. The van der Waals surface area contributed by atoms with Crippen LogP contribution in [0.2, 0.25) is 0 Å². The highest BCUT2D eigenvalue weighted by Gasteiger charge is 2.30. The first kappa shape index (κ1) is 16.1. The van der Waals surface area contributed by atoms with Crippen molar-refractivity contribution in [2.24, 2.45) is 0 Å². The first-order chi connectivity index (χ1) is 9.52. The molecule has 5 nitrogen and oxygen atoms in total. The van der Waals surface area contributed by atoms with Crippen molar-refractivity contribution in [2.45, 2.75) is 37.5 Å². The van der Waals surface area contributed by atoms with Crippen LogP contribution < -0.4 is 5.32 Å². The summed E-state index contributed by atoms with van der Waals surface area (Å²) in [6.07, 6.45) is 2.68. The molecule has 0 aliphatic carbocycles. The maximum atomic E-state index is 12.4. The summed E-state index contributed by atoms with van der Waals surface area (Å²) in [5.41, 5.74) is 0. The van der Waals surface area contributed by atoms with Gasteiger partial charge in [-0.25, -0.2) is 8.42 Å². The highest BCUT2D eigenvalue weighted by atomic mass is 32.2. The minimum absolute atomic E-state index is 0.106. The zero-order valence-electron chi connectivity index (χ0n) is 12.0. The van der Waals surface area contributed by atoms with Crippen LogP contribution >= 0.6 is 11.8 Å². The average molecular weight is 320 g/mol. The van der Waals surface area contributed by atoms with Crippen molar-refractivity contribution in [1.29, 1.82) is 0 Å². The van der Waals surface area contributed by atoms with Crippen molar-refractivity contribution >= 4 is 27.5 Å². The van der Waals surface area contributed by atoms with Crippen molar-refractivity contribution in [3.63, 3.8) is 0 Å². The summed E-state index contributed by atoms with van der Waals surface area (Å²) in [6, 6.07) is 0.315. The molecule has 2 atom stereocenters. The van der Waals surface area contributed by atoms with Gasteiger partial charge in [-0.05, 0) is 25.8 Å². The number of hydrogen-bond donors (Lipinski definition) is 1. The quantitative estimate of drug-likeness (QED) is 0.772. The van der Waals surface area contributed by atoms with Gasteiger partial charge in [-0.15, -0.1) is 11.8 Å². The molecule has 2 saturated heterocycles. The minimum atomic E-state index is -2.85. The van der Waals surface area contributed by atoms with Crippen LogP contribution in [0.15, 0.2) is 0 Å². The van der Waals surface area contributed by atoms with E-state index in [0.29, 0.717) is 18.2 Å². The third kappa shape index (κ3) is 4.36. The van der Waals surface area contributed by atoms with E-state index in [9.17, 15) is 13.2 Å². The fourth-order valence-corrected chi connectivity index (χ4v) is 6.35. The lowest BCUT2D eigenvalue weighted by Crippen LogP contribution is -2.43. The van der Waals surface area contributed by atoms with Crippen LogP contribution in [-0.4, -0.2) is 67.4 Å². The Morgan fingerprint density at radius 2 is 2.20 bits per heavy atom. The molecule has 0 aromatic rings. The topological polar surface area (TPSA) is 66.5 Å². The molecule has 20 heavy (non-hydrogen) atoms. The van der Waals surface area contributed by atoms with Crippen molar-refractivity contribution < 1.29 is 13.2 Å². The van der Waals surface area contributed by atoms with Crippen LogP contribution in [0.5, 0.6) is 0 Å². The van der Waals surface area contributed by atoms with Gasteiger partial charge in [-0.3, -0.25) is 4.79 Å². The molecular weight excluding hydrogens is 296 g/mol. The van der Waals surface area contributed by atoms with E-state index in [2.05, 4.69) is 12.2 Å². The molecule has 0 saturated carbocycles. The summed E-state index contributed by atoms with van der Waals surface area (Å²) < 4.78 is 22.8. The molecule has 0 spiro atoms. The van der Waals surface area contributed by atoms with Crippen LogP contribution in [0.3, 0.4) is 0 Å². The summed E-state index contributed by atoms with van der Waals surface area (Å²) in [4.78, 5) is 14.3. The summed E-state index contributed by atoms with van der Waals surface area (Å²) in [7, 11) is -2.85. The number of nitrogens with one attached hydrogen (secondary N) is 1. The number of amides is 1. The predicted molar refractivity (Wildman–Crippen MR) is 82.8 cm³/mol. The molecule has 2 aliphatic heterocycles. The Bertz CT molecular complexity index is 433. The van der Waals surface area contributed by atoms with E-state index < -0.39 is 9.84 Å². The van der Waals surface area contributed by atoms with E-state index in [0.717, 1.165) is 32.5 Å². The fraction of sp³-hybridized carbons (Fsp3) is 0.923. The molecule has 7 heteroatoms. The highest BCUT2D eigenvalue weighted by Crippen LogP contribution is 2.25. The van der Waals surface area contributed by atoms with E-state index in [-0.39, 0.29) is 22.7 Å². The Balaban J connectivity index is 1.82. The van der Waals surface area contributed by atoms with Gasteiger partial charge in [0.05, 0.1) is 17.3 Å². The molecule has 0 radical (unpaired) electrons. The maximum absolute atomic E-state index is 12.4. The van der Waals surface area contributed by atoms with Gasteiger partial charge < -0.3 is 10.2 Å². The van der Waals surface area contributed by atoms with Gasteiger partial charge in [0.15, 0.2) is 9.84 Å². The Labute approximate surface area is 125 Å². The second-order valence-corrected chi connectivity index (χ2v) is 9.09. The van der Waals surface area contributed by atoms with Crippen molar-refractivity contribution in [3.05, 3.63) is 0 Å². The number of hydrogen-bond acceptors (Lipinski definition) is 5. The Hall–Kier alpha value is -0.270. The summed E-state index contributed by atoms with van der Waals surface area (Å²) in [6.45, 7) is 4.74. The molecule has 0 aromatic heterocycles. The molecular formula is C13H24N2O3S2. The Morgan fingerprint density at radius 3 is 2.75 bits per heavy atom. The van der Waals surface area contributed by atoms with Gasteiger partial charge in [0.25, 0.3) is 0 Å². The minimum Gasteiger partial charge on any atom is -0.338 e. The largest absolute Gasteiger partial charge is 0.338 e. The number of rotatable bonds is 6. The van der Waals surface area contributed by atoms with Gasteiger partial charge in [-0.1, -0.05) is 6.92 Å². The zero-order valence-corrected chi connectivity index (χ0v) is 13.6. The summed E-state index contributed by atoms with van der Waals surface area (Å²) >= 11 is 1.52. The maximum Gasteiger partial charge on any atom is 0.232 e. The smallest absolute Gasteiger partial charge is 0.232 e. The Kier molecular flexibility index (Phi) is 5.74. The molecule has 2 fully saturated rings. The second kappa shape index (κ2) is 7.13. The van der Waals surface area contributed by atoms with E-state index in [4.69, 9.17) is 0 Å². The number of carbonyl (C=O) groups is 1. The van der Waals surface area contributed by atoms with E-state index in [1.54, 1.807) is 0 Å². The number of sulfone groups is 1. The molecule has 2 heterocycles. The van der Waals surface area contributed by atoms with E-state index in [1.165, 1.54) is 11.8 Å². The first-order valence-corrected chi connectivity index (χ1v) is 10.2. The van der Waals surface area contributed by atoms with Crippen molar-refractivity contribution in [3.8, 4) is 0 Å². The highest BCUT2D eigenvalue weighted by molar-refractivity contribution is 8.02. The molecule has 0 bridgehead atoms. The van der Waals surface area contributed by atoms with Gasteiger partial charge in [0, 0.05) is 24.4 Å². The van der Waals surface area contributed by atoms with Crippen LogP contribution in [0, 0.1) is 0 Å². The summed E-state index contributed by atoms with van der Waals surface area (Å²) in [5, 5.41) is 3.40. The van der Waals surface area contributed by atoms with Gasteiger partial charge in [-0.2, -0.15) is 0 Å². The van der Waals surface area contributed by atoms with Crippen molar-refractivity contribution in [1.82, 2.24) is 10.2 Å². The fourth-order valence-electron chi connectivity index (χ4n) is 2.82. The number of carbonyl (C=O) groups excluding carboxylic acids is 1. The third-order valence-corrected chi connectivity index (χ3v) is 7.16. The third-order valence-electron chi connectivity index (χ3n) is 3.89. The van der Waals surface area contributed by atoms with E-state index >= 15 is 0 Å². The van der Waals surface area contributed by atoms with Gasteiger partial charge in [0.2, 0.25) is 5.91 Å². The van der Waals surface area contributed by atoms with Crippen LogP contribution in [-0.2, 0) is 14.6 Å². The van der Waals surface area contributed by atoms with Gasteiger partial charge >= 0.3 is 0 Å². The molecule has 2 rings (SSSR count). The monoisotopic (exact) mass is 320 g/mol. The van der Waals surface area contributed by atoms with Crippen molar-refractivity contribution in [2.75, 3.05) is 36.9 Å². The second-order valence-electron chi connectivity index (χ2n) is 5.57. The first-order valence-electron chi connectivity index (χ1n) is 7.34. The van der Waals surface area contributed by atoms with Crippen LogP contribution in [0.4, 0.5) is 0 Å².